The van der Waals surface area contributed by atoms with Gasteiger partial charge in [0.1, 0.15) is 6.54 Å². The van der Waals surface area contributed by atoms with Gasteiger partial charge in [-0.1, -0.05) is 88.6 Å². The number of quaternary nitrogens is 1. The minimum absolute atomic E-state index is 1.07. The summed E-state index contributed by atoms with van der Waals surface area (Å²) < 4.78 is 12.5. The Morgan fingerprint density at radius 1 is 0.733 bits per heavy atom. The van der Waals surface area contributed by atoms with Gasteiger partial charge >= 0.3 is 8.56 Å². The van der Waals surface area contributed by atoms with Crippen LogP contribution in [-0.4, -0.2) is 47.4 Å². The summed E-state index contributed by atoms with van der Waals surface area (Å²) in [5.74, 6) is 0. The van der Waals surface area contributed by atoms with Gasteiger partial charge in [-0.05, 0) is 31.9 Å². The fourth-order valence-corrected chi connectivity index (χ4v) is 5.72. The molecule has 0 aliphatic heterocycles. The van der Waals surface area contributed by atoms with Crippen LogP contribution in [0.1, 0.15) is 83.1 Å². The lowest BCUT2D eigenvalue weighted by Crippen LogP contribution is -2.46. The van der Waals surface area contributed by atoms with Crippen molar-refractivity contribution in [3.05, 3.63) is 35.9 Å². The molecule has 0 amide bonds. The predicted molar refractivity (Wildman–Crippen MR) is 133 cm³/mol. The van der Waals surface area contributed by atoms with Gasteiger partial charge in [-0.25, -0.2) is 0 Å². The fourth-order valence-electron chi connectivity index (χ4n) is 4.34. The molecule has 0 heterocycles. The lowest BCUT2D eigenvalue weighted by molar-refractivity contribution is -0.922. The minimum atomic E-state index is -1.96. The number of unbranched alkanes of at least 4 members (excludes halogenated alkanes) is 9. The van der Waals surface area contributed by atoms with Crippen molar-refractivity contribution in [3.63, 3.8) is 0 Å². The summed E-state index contributed by atoms with van der Waals surface area (Å²) in [4.78, 5) is 0. The smallest absolute Gasteiger partial charge is 0.334 e. The van der Waals surface area contributed by atoms with Crippen molar-refractivity contribution >= 4 is 8.56 Å². The molecule has 1 aromatic rings. The summed E-state index contributed by atoms with van der Waals surface area (Å²) in [5.41, 5.74) is 1.45. The van der Waals surface area contributed by atoms with Crippen LogP contribution in [0.3, 0.4) is 0 Å². The average Bonchev–Trinajstić information content (AvgIpc) is 2.75. The lowest BCUT2D eigenvalue weighted by atomic mass is 10.1. The molecule has 0 bridgehead atoms. The Labute approximate surface area is 189 Å². The van der Waals surface area contributed by atoms with Crippen molar-refractivity contribution in [2.45, 2.75) is 96.7 Å². The van der Waals surface area contributed by atoms with Gasteiger partial charge in [-0.3, -0.25) is 0 Å². The first kappa shape index (κ1) is 27.4. The molecular weight excluding hydrogens is 386 g/mol. The topological polar surface area (TPSA) is 18.5 Å². The molecular formula is C26H50NO2Si+. The Bertz CT molecular complexity index is 521. The van der Waals surface area contributed by atoms with Crippen molar-refractivity contribution < 1.29 is 13.3 Å². The fraction of sp³-hybridized carbons (Fsp3) is 0.769. The second-order valence-electron chi connectivity index (χ2n) is 9.54. The molecule has 1 aromatic carbocycles. The van der Waals surface area contributed by atoms with E-state index in [0.29, 0.717) is 0 Å². The van der Waals surface area contributed by atoms with Crippen LogP contribution >= 0.6 is 0 Å². The monoisotopic (exact) mass is 436 g/mol. The minimum Gasteiger partial charge on any atom is -0.398 e. The van der Waals surface area contributed by atoms with Crippen molar-refractivity contribution in [2.24, 2.45) is 0 Å². The number of hydrogen-bond acceptors (Lipinski definition) is 2. The Morgan fingerprint density at radius 3 is 1.77 bits per heavy atom. The van der Waals surface area contributed by atoms with Gasteiger partial charge in [-0.15, -0.1) is 0 Å². The predicted octanol–water partition coefficient (Wildman–Crippen LogP) is 7.31. The Morgan fingerprint density at radius 2 is 1.23 bits per heavy atom. The van der Waals surface area contributed by atoms with Gasteiger partial charge in [0, 0.05) is 19.8 Å². The van der Waals surface area contributed by atoms with E-state index in [4.69, 9.17) is 8.85 Å². The van der Waals surface area contributed by atoms with E-state index in [1.54, 1.807) is 14.2 Å². The lowest BCUT2D eigenvalue weighted by Gasteiger charge is -2.36. The second-order valence-corrected chi connectivity index (χ2v) is 13.1. The van der Waals surface area contributed by atoms with E-state index in [-0.39, 0.29) is 0 Å². The van der Waals surface area contributed by atoms with Crippen molar-refractivity contribution in [3.8, 4) is 0 Å². The van der Waals surface area contributed by atoms with E-state index in [0.717, 1.165) is 17.1 Å². The summed E-state index contributed by atoms with van der Waals surface area (Å²) in [7, 11) is 4.09. The molecule has 1 atom stereocenters. The van der Waals surface area contributed by atoms with Crippen LogP contribution in [0, 0.1) is 0 Å². The van der Waals surface area contributed by atoms with Crippen LogP contribution in [0.5, 0.6) is 0 Å². The summed E-state index contributed by atoms with van der Waals surface area (Å²) >= 11 is 0. The SMILES string of the molecule is CCCCCCCCCCCC[N+](C)(CCC[Si](C)(OC)OC)Cc1ccccc1. The molecule has 0 saturated carbocycles. The summed E-state index contributed by atoms with van der Waals surface area (Å²) in [6, 6.07) is 12.1. The molecule has 0 fully saturated rings. The number of nitrogens with zero attached hydrogens (tertiary/aromatic N) is 1. The molecule has 0 aliphatic rings. The molecule has 174 valence electrons. The first-order valence-electron chi connectivity index (χ1n) is 12.4. The highest BCUT2D eigenvalue weighted by atomic mass is 28.4. The maximum absolute atomic E-state index is 5.70. The van der Waals surface area contributed by atoms with Crippen molar-refractivity contribution in [1.29, 1.82) is 0 Å². The number of benzene rings is 1. The van der Waals surface area contributed by atoms with Crippen LogP contribution in [-0.2, 0) is 15.4 Å². The molecule has 0 spiro atoms. The Hall–Kier alpha value is -0.683. The van der Waals surface area contributed by atoms with Gasteiger partial charge in [0.25, 0.3) is 0 Å². The van der Waals surface area contributed by atoms with Crippen LogP contribution in [0.2, 0.25) is 12.6 Å². The van der Waals surface area contributed by atoms with E-state index >= 15 is 0 Å². The third-order valence-electron chi connectivity index (χ3n) is 6.65. The summed E-state index contributed by atoms with van der Waals surface area (Å²) in [6.45, 7) is 8.05. The van der Waals surface area contributed by atoms with E-state index in [1.807, 2.05) is 0 Å². The highest BCUT2D eigenvalue weighted by Gasteiger charge is 2.30. The number of rotatable bonds is 19. The van der Waals surface area contributed by atoms with Gasteiger partial charge in [0.15, 0.2) is 0 Å². The van der Waals surface area contributed by atoms with Gasteiger partial charge in [-0.2, -0.15) is 0 Å². The maximum atomic E-state index is 5.70. The molecule has 1 rings (SSSR count). The van der Waals surface area contributed by atoms with Crippen LogP contribution in [0.4, 0.5) is 0 Å². The third-order valence-corrected chi connectivity index (χ3v) is 9.64. The molecule has 0 radical (unpaired) electrons. The summed E-state index contributed by atoms with van der Waals surface area (Å²) in [5, 5.41) is 0. The molecule has 0 aromatic heterocycles. The molecule has 30 heavy (non-hydrogen) atoms. The second kappa shape index (κ2) is 16.0. The first-order chi connectivity index (χ1) is 14.5. The first-order valence-corrected chi connectivity index (χ1v) is 15.0. The highest BCUT2D eigenvalue weighted by Crippen LogP contribution is 2.20. The maximum Gasteiger partial charge on any atom is 0.334 e. The van der Waals surface area contributed by atoms with Crippen LogP contribution in [0.15, 0.2) is 30.3 Å². The highest BCUT2D eigenvalue weighted by molar-refractivity contribution is 6.65. The standard InChI is InChI=1S/C26H50NO2Si/c1-6-7-8-9-10-11-12-13-14-18-22-27(2,25-26-20-16-15-17-21-26)23-19-24-30(5,28-3)29-4/h15-17,20-21H,6-14,18-19,22-25H2,1-5H3/q+1. The zero-order valence-electron chi connectivity index (χ0n) is 20.8. The van der Waals surface area contributed by atoms with Crippen molar-refractivity contribution in [1.82, 2.24) is 0 Å². The van der Waals surface area contributed by atoms with E-state index < -0.39 is 8.56 Å². The molecule has 0 N–H and O–H groups in total. The molecule has 3 nitrogen and oxygen atoms in total. The van der Waals surface area contributed by atoms with Gasteiger partial charge in [0.05, 0.1) is 20.1 Å². The molecule has 4 heteroatoms. The largest absolute Gasteiger partial charge is 0.398 e. The van der Waals surface area contributed by atoms with Crippen LogP contribution < -0.4 is 0 Å². The van der Waals surface area contributed by atoms with Gasteiger partial charge < -0.3 is 13.3 Å². The van der Waals surface area contributed by atoms with E-state index in [1.165, 1.54) is 89.3 Å². The van der Waals surface area contributed by atoms with Crippen molar-refractivity contribution in [2.75, 3.05) is 34.4 Å². The average molecular weight is 437 g/mol. The molecule has 0 aliphatic carbocycles. The van der Waals surface area contributed by atoms with Gasteiger partial charge in [0.2, 0.25) is 0 Å². The normalized spacial score (nSPS) is 14.0. The zero-order chi connectivity index (χ0) is 22.1. The third kappa shape index (κ3) is 12.2. The quantitative estimate of drug-likeness (QED) is 0.129. The summed E-state index contributed by atoms with van der Waals surface area (Å²) in [6.07, 6.45) is 15.2. The van der Waals surface area contributed by atoms with E-state index in [2.05, 4.69) is 50.9 Å². The Kier molecular flexibility index (Phi) is 14.6. The molecule has 0 saturated heterocycles. The molecule has 1 unspecified atom stereocenters. The van der Waals surface area contributed by atoms with Crippen LogP contribution in [0.25, 0.3) is 0 Å². The zero-order valence-corrected chi connectivity index (χ0v) is 21.8. The van der Waals surface area contributed by atoms with E-state index in [9.17, 15) is 0 Å². The number of hydrogen-bond donors (Lipinski definition) is 0. The Balaban J connectivity index is 2.40.